The highest BCUT2D eigenvalue weighted by Gasteiger charge is 2.14. The van der Waals surface area contributed by atoms with Crippen molar-refractivity contribution in [2.24, 2.45) is 0 Å². The third-order valence-electron chi connectivity index (χ3n) is 2.73. The van der Waals surface area contributed by atoms with E-state index in [0.29, 0.717) is 6.04 Å². The van der Waals surface area contributed by atoms with Gasteiger partial charge in [-0.15, -0.1) is 0 Å². The summed E-state index contributed by atoms with van der Waals surface area (Å²) in [7, 11) is 0. The van der Waals surface area contributed by atoms with Gasteiger partial charge in [0.05, 0.1) is 18.4 Å². The number of rotatable bonds is 6. The molecule has 1 aliphatic rings. The van der Waals surface area contributed by atoms with Crippen molar-refractivity contribution in [1.29, 1.82) is 0 Å². The van der Waals surface area contributed by atoms with E-state index in [-0.39, 0.29) is 6.04 Å². The summed E-state index contributed by atoms with van der Waals surface area (Å²) >= 11 is 0. The SMILES string of the molecule is CCC(CC[NH3+])NC1=CCC(NO)CN1. The van der Waals surface area contributed by atoms with E-state index < -0.39 is 0 Å². The van der Waals surface area contributed by atoms with Crippen LogP contribution in [0.5, 0.6) is 0 Å². The average Bonchev–Trinajstić information content (AvgIpc) is 2.29. The molecule has 2 unspecified atom stereocenters. The van der Waals surface area contributed by atoms with Crippen LogP contribution < -0.4 is 21.8 Å². The molecule has 7 N–H and O–H groups in total. The highest BCUT2D eigenvalue weighted by Crippen LogP contribution is 2.05. The van der Waals surface area contributed by atoms with Crippen molar-refractivity contribution in [1.82, 2.24) is 16.1 Å². The van der Waals surface area contributed by atoms with Crippen LogP contribution >= 0.6 is 0 Å². The van der Waals surface area contributed by atoms with Crippen LogP contribution in [0.2, 0.25) is 0 Å². The molecule has 0 aromatic heterocycles. The molecule has 1 aliphatic heterocycles. The Hall–Kier alpha value is -0.780. The molecule has 5 nitrogen and oxygen atoms in total. The lowest BCUT2D eigenvalue weighted by atomic mass is 10.1. The van der Waals surface area contributed by atoms with E-state index in [9.17, 15) is 0 Å². The van der Waals surface area contributed by atoms with Crippen molar-refractivity contribution >= 4 is 0 Å². The van der Waals surface area contributed by atoms with Crippen LogP contribution in [0.1, 0.15) is 26.2 Å². The molecule has 1 heterocycles. The summed E-state index contributed by atoms with van der Waals surface area (Å²) in [6.07, 6.45) is 5.14. The van der Waals surface area contributed by atoms with Crippen molar-refractivity contribution in [3.05, 3.63) is 11.9 Å². The van der Waals surface area contributed by atoms with Crippen molar-refractivity contribution in [3.8, 4) is 0 Å². The first-order valence-electron chi connectivity index (χ1n) is 5.69. The molecular weight excluding hydrogens is 192 g/mol. The Bertz CT molecular complexity index is 208. The first-order chi connectivity index (χ1) is 7.30. The van der Waals surface area contributed by atoms with Gasteiger partial charge in [-0.3, -0.25) is 0 Å². The minimum atomic E-state index is 0.128. The molecule has 0 amide bonds. The average molecular weight is 215 g/mol. The van der Waals surface area contributed by atoms with Crippen LogP contribution in [-0.4, -0.2) is 30.4 Å². The summed E-state index contributed by atoms with van der Waals surface area (Å²) in [6.45, 7) is 3.89. The van der Waals surface area contributed by atoms with Crippen LogP contribution in [0.15, 0.2) is 11.9 Å². The largest absolute Gasteiger partial charge is 0.371 e. The molecule has 5 heteroatoms. The first kappa shape index (κ1) is 12.3. The molecule has 0 bridgehead atoms. The van der Waals surface area contributed by atoms with E-state index in [1.54, 1.807) is 0 Å². The molecule has 15 heavy (non-hydrogen) atoms. The predicted molar refractivity (Wildman–Crippen MR) is 59.0 cm³/mol. The first-order valence-corrected chi connectivity index (χ1v) is 5.69. The molecule has 0 saturated heterocycles. The zero-order valence-electron chi connectivity index (χ0n) is 9.42. The van der Waals surface area contributed by atoms with Gasteiger partial charge in [0.2, 0.25) is 0 Å². The van der Waals surface area contributed by atoms with E-state index in [0.717, 1.165) is 38.2 Å². The fraction of sp³-hybridized carbons (Fsp3) is 0.800. The van der Waals surface area contributed by atoms with Crippen LogP contribution in [0.25, 0.3) is 0 Å². The number of quaternary nitrogens is 1. The number of nitrogens with one attached hydrogen (secondary N) is 3. The predicted octanol–water partition coefficient (Wildman–Crippen LogP) is -0.831. The topological polar surface area (TPSA) is 84.0 Å². The maximum atomic E-state index is 8.74. The smallest absolute Gasteiger partial charge is 0.0948 e. The lowest BCUT2D eigenvalue weighted by Gasteiger charge is -2.26. The highest BCUT2D eigenvalue weighted by atomic mass is 16.5. The molecule has 0 aromatic carbocycles. The summed E-state index contributed by atoms with van der Waals surface area (Å²) < 4.78 is 0. The molecule has 88 valence electrons. The molecule has 0 radical (unpaired) electrons. The van der Waals surface area contributed by atoms with E-state index in [1.165, 1.54) is 0 Å². The molecule has 0 saturated carbocycles. The quantitative estimate of drug-likeness (QED) is 0.374. The maximum absolute atomic E-state index is 8.74. The minimum absolute atomic E-state index is 0.128. The Morgan fingerprint density at radius 2 is 2.53 bits per heavy atom. The summed E-state index contributed by atoms with van der Waals surface area (Å²) in [5.74, 6) is 1.09. The third kappa shape index (κ3) is 4.07. The van der Waals surface area contributed by atoms with Gasteiger partial charge in [-0.05, 0) is 18.9 Å². The maximum Gasteiger partial charge on any atom is 0.0948 e. The Labute approximate surface area is 91.1 Å². The van der Waals surface area contributed by atoms with Gasteiger partial charge in [0, 0.05) is 19.0 Å². The lowest BCUT2D eigenvalue weighted by Crippen LogP contribution is -2.53. The van der Waals surface area contributed by atoms with E-state index in [1.807, 2.05) is 0 Å². The van der Waals surface area contributed by atoms with Gasteiger partial charge in [0.25, 0.3) is 0 Å². The number of hydroxylamine groups is 1. The Kier molecular flexibility index (Phi) is 5.45. The second-order valence-corrected chi connectivity index (χ2v) is 3.95. The second-order valence-electron chi connectivity index (χ2n) is 3.95. The summed E-state index contributed by atoms with van der Waals surface area (Å²) in [5, 5.41) is 15.4. The van der Waals surface area contributed by atoms with Crippen LogP contribution in [0, 0.1) is 0 Å². The third-order valence-corrected chi connectivity index (χ3v) is 2.73. The summed E-state index contributed by atoms with van der Waals surface area (Å²) in [6, 6.07) is 0.628. The normalized spacial score (nSPS) is 22.9. The van der Waals surface area contributed by atoms with Crippen LogP contribution in [0.3, 0.4) is 0 Å². The minimum Gasteiger partial charge on any atom is -0.371 e. The van der Waals surface area contributed by atoms with Crippen molar-refractivity contribution in [2.75, 3.05) is 13.1 Å². The fourth-order valence-electron chi connectivity index (χ4n) is 1.70. The zero-order valence-corrected chi connectivity index (χ0v) is 9.42. The molecule has 0 aliphatic carbocycles. The molecule has 0 spiro atoms. The number of hydrogen-bond acceptors (Lipinski definition) is 4. The summed E-state index contributed by atoms with van der Waals surface area (Å²) in [5.41, 5.74) is 6.14. The van der Waals surface area contributed by atoms with Gasteiger partial charge in [-0.25, -0.2) is 5.48 Å². The van der Waals surface area contributed by atoms with Crippen molar-refractivity contribution in [3.63, 3.8) is 0 Å². The molecule has 2 atom stereocenters. The Balaban J connectivity index is 2.35. The number of hydrogen-bond donors (Lipinski definition) is 5. The van der Waals surface area contributed by atoms with Gasteiger partial charge in [0.15, 0.2) is 0 Å². The van der Waals surface area contributed by atoms with Gasteiger partial charge in [-0.1, -0.05) is 6.92 Å². The standard InChI is InChI=1S/C10H22N4O/c1-2-8(5-6-11)13-10-4-3-9(14-15)7-12-10/h4,8-9,12-15H,2-3,5-7,11H2,1H3/p+1. The van der Waals surface area contributed by atoms with Crippen LogP contribution in [-0.2, 0) is 0 Å². The second kappa shape index (κ2) is 6.66. The molecule has 0 aromatic rings. The van der Waals surface area contributed by atoms with Crippen LogP contribution in [0.4, 0.5) is 0 Å². The monoisotopic (exact) mass is 215 g/mol. The van der Waals surface area contributed by atoms with Gasteiger partial charge < -0.3 is 21.6 Å². The Morgan fingerprint density at radius 3 is 3.00 bits per heavy atom. The van der Waals surface area contributed by atoms with E-state index >= 15 is 0 Å². The van der Waals surface area contributed by atoms with E-state index in [2.05, 4.69) is 34.8 Å². The fourth-order valence-corrected chi connectivity index (χ4v) is 1.70. The molecular formula is C10H23N4O+. The summed E-state index contributed by atoms with van der Waals surface area (Å²) in [4.78, 5) is 0. The van der Waals surface area contributed by atoms with E-state index in [4.69, 9.17) is 5.21 Å². The Morgan fingerprint density at radius 1 is 1.73 bits per heavy atom. The molecule has 1 rings (SSSR count). The highest BCUT2D eigenvalue weighted by molar-refractivity contribution is 5.05. The van der Waals surface area contributed by atoms with Gasteiger partial charge >= 0.3 is 0 Å². The molecule has 0 fully saturated rings. The van der Waals surface area contributed by atoms with Crippen molar-refractivity contribution < 1.29 is 10.9 Å². The zero-order chi connectivity index (χ0) is 11.1. The van der Waals surface area contributed by atoms with Gasteiger partial charge in [0.1, 0.15) is 0 Å². The lowest BCUT2D eigenvalue weighted by molar-refractivity contribution is -0.369. The van der Waals surface area contributed by atoms with Crippen molar-refractivity contribution in [2.45, 2.75) is 38.3 Å². The van der Waals surface area contributed by atoms with Gasteiger partial charge in [-0.2, -0.15) is 0 Å².